The van der Waals surface area contributed by atoms with Crippen LogP contribution in [0.15, 0.2) is 0 Å². The van der Waals surface area contributed by atoms with Crippen molar-refractivity contribution < 1.29 is 4.79 Å². The molecule has 3 nitrogen and oxygen atoms in total. The molecule has 2 aliphatic rings. The highest BCUT2D eigenvalue weighted by Crippen LogP contribution is 2.32. The molecule has 98 valence electrons. The topological polar surface area (TPSA) is 32.3 Å². The lowest BCUT2D eigenvalue weighted by molar-refractivity contribution is -0.142. The summed E-state index contributed by atoms with van der Waals surface area (Å²) in [6.45, 7) is 8.26. The van der Waals surface area contributed by atoms with E-state index in [1.807, 2.05) is 11.8 Å². The van der Waals surface area contributed by atoms with E-state index in [9.17, 15) is 4.79 Å². The second-order valence-electron chi connectivity index (χ2n) is 5.46. The highest BCUT2D eigenvalue weighted by atomic mass is 32.2. The van der Waals surface area contributed by atoms with Gasteiger partial charge in [-0.3, -0.25) is 4.79 Å². The standard InChI is InChI=1S/C13H24N2OS/c1-3-11-10-15(8-9-17-11)12(16)13(2)4-6-14-7-5-13/h11,14H,3-10H2,1-2H3. The molecular weight excluding hydrogens is 232 g/mol. The molecule has 2 fully saturated rings. The van der Waals surface area contributed by atoms with Gasteiger partial charge < -0.3 is 10.2 Å². The highest BCUT2D eigenvalue weighted by molar-refractivity contribution is 8.00. The summed E-state index contributed by atoms with van der Waals surface area (Å²) in [7, 11) is 0. The minimum absolute atomic E-state index is 0.106. The lowest BCUT2D eigenvalue weighted by atomic mass is 9.79. The molecule has 1 atom stereocenters. The molecule has 2 rings (SSSR count). The molecule has 0 aromatic heterocycles. The van der Waals surface area contributed by atoms with Crippen LogP contribution in [0.25, 0.3) is 0 Å². The first kappa shape index (κ1) is 13.2. The largest absolute Gasteiger partial charge is 0.340 e. The van der Waals surface area contributed by atoms with Crippen molar-refractivity contribution in [3.05, 3.63) is 0 Å². The maximum absolute atomic E-state index is 12.6. The molecule has 0 aromatic carbocycles. The number of nitrogens with one attached hydrogen (secondary N) is 1. The van der Waals surface area contributed by atoms with Crippen LogP contribution in [0.3, 0.4) is 0 Å². The minimum Gasteiger partial charge on any atom is -0.340 e. The molecule has 0 spiro atoms. The van der Waals surface area contributed by atoms with Crippen molar-refractivity contribution in [2.75, 3.05) is 31.9 Å². The number of carbonyl (C=O) groups excluding carboxylic acids is 1. The third kappa shape index (κ3) is 2.97. The van der Waals surface area contributed by atoms with Crippen molar-refractivity contribution in [3.63, 3.8) is 0 Å². The van der Waals surface area contributed by atoms with E-state index < -0.39 is 0 Å². The molecule has 2 saturated heterocycles. The van der Waals surface area contributed by atoms with Crippen LogP contribution >= 0.6 is 11.8 Å². The van der Waals surface area contributed by atoms with Gasteiger partial charge in [-0.25, -0.2) is 0 Å². The summed E-state index contributed by atoms with van der Waals surface area (Å²) in [6, 6.07) is 0. The Morgan fingerprint density at radius 3 is 2.82 bits per heavy atom. The third-order valence-electron chi connectivity index (χ3n) is 4.10. The van der Waals surface area contributed by atoms with Gasteiger partial charge in [0.25, 0.3) is 0 Å². The summed E-state index contributed by atoms with van der Waals surface area (Å²) in [6.07, 6.45) is 3.16. The average molecular weight is 256 g/mol. The molecular formula is C13H24N2OS. The normalized spacial score (nSPS) is 29.1. The van der Waals surface area contributed by atoms with Gasteiger partial charge in [-0.1, -0.05) is 13.8 Å². The molecule has 2 aliphatic heterocycles. The van der Waals surface area contributed by atoms with E-state index in [1.165, 1.54) is 6.42 Å². The number of nitrogens with zero attached hydrogens (tertiary/aromatic N) is 1. The first-order chi connectivity index (χ1) is 8.15. The van der Waals surface area contributed by atoms with Crippen LogP contribution in [-0.2, 0) is 4.79 Å². The smallest absolute Gasteiger partial charge is 0.228 e. The van der Waals surface area contributed by atoms with Crippen molar-refractivity contribution >= 4 is 17.7 Å². The van der Waals surface area contributed by atoms with Gasteiger partial charge in [0.1, 0.15) is 0 Å². The Morgan fingerprint density at radius 1 is 1.47 bits per heavy atom. The van der Waals surface area contributed by atoms with Crippen molar-refractivity contribution in [2.45, 2.75) is 38.4 Å². The third-order valence-corrected chi connectivity index (χ3v) is 5.48. The van der Waals surface area contributed by atoms with Crippen LogP contribution in [0.1, 0.15) is 33.1 Å². The van der Waals surface area contributed by atoms with Gasteiger partial charge in [-0.15, -0.1) is 0 Å². The number of hydrogen-bond donors (Lipinski definition) is 1. The molecule has 0 saturated carbocycles. The number of thioether (sulfide) groups is 1. The Bertz CT molecular complexity index is 277. The molecule has 17 heavy (non-hydrogen) atoms. The van der Waals surface area contributed by atoms with E-state index in [0.29, 0.717) is 11.2 Å². The monoisotopic (exact) mass is 256 g/mol. The molecule has 1 N–H and O–H groups in total. The first-order valence-electron chi connectivity index (χ1n) is 6.77. The van der Waals surface area contributed by atoms with Crippen molar-refractivity contribution in [2.24, 2.45) is 5.41 Å². The van der Waals surface area contributed by atoms with Crippen LogP contribution in [0, 0.1) is 5.41 Å². The van der Waals surface area contributed by atoms with E-state index in [-0.39, 0.29) is 5.41 Å². The molecule has 2 heterocycles. The fourth-order valence-corrected chi connectivity index (χ4v) is 3.91. The van der Waals surface area contributed by atoms with Crippen LogP contribution in [0.2, 0.25) is 0 Å². The average Bonchev–Trinajstić information content (AvgIpc) is 2.39. The molecule has 1 unspecified atom stereocenters. The van der Waals surface area contributed by atoms with Crippen molar-refractivity contribution in [3.8, 4) is 0 Å². The van der Waals surface area contributed by atoms with E-state index in [0.717, 1.165) is 44.8 Å². The second kappa shape index (κ2) is 5.61. The summed E-state index contributed by atoms with van der Waals surface area (Å²) in [5, 5.41) is 3.99. The highest BCUT2D eigenvalue weighted by Gasteiger charge is 2.38. The van der Waals surface area contributed by atoms with Gasteiger partial charge in [-0.05, 0) is 32.4 Å². The SMILES string of the molecule is CCC1CN(C(=O)C2(C)CCNCC2)CCS1. The predicted octanol–water partition coefficient (Wildman–Crippen LogP) is 1.73. The van der Waals surface area contributed by atoms with E-state index in [1.54, 1.807) is 0 Å². The van der Waals surface area contributed by atoms with Gasteiger partial charge in [0.15, 0.2) is 0 Å². The predicted molar refractivity (Wildman–Crippen MR) is 73.3 cm³/mol. The van der Waals surface area contributed by atoms with Crippen LogP contribution in [-0.4, -0.2) is 48.0 Å². The van der Waals surface area contributed by atoms with Gasteiger partial charge in [-0.2, -0.15) is 11.8 Å². The number of carbonyl (C=O) groups is 1. The molecule has 0 bridgehead atoms. The Morgan fingerprint density at radius 2 is 2.18 bits per heavy atom. The maximum Gasteiger partial charge on any atom is 0.228 e. The molecule has 0 aliphatic carbocycles. The number of piperidine rings is 1. The van der Waals surface area contributed by atoms with Gasteiger partial charge in [0, 0.05) is 29.5 Å². The van der Waals surface area contributed by atoms with Crippen LogP contribution in [0.5, 0.6) is 0 Å². The second-order valence-corrected chi connectivity index (χ2v) is 6.87. The first-order valence-corrected chi connectivity index (χ1v) is 7.82. The fourth-order valence-electron chi connectivity index (χ4n) is 2.72. The van der Waals surface area contributed by atoms with Crippen LogP contribution < -0.4 is 5.32 Å². The van der Waals surface area contributed by atoms with Gasteiger partial charge >= 0.3 is 0 Å². The number of hydrogen-bond acceptors (Lipinski definition) is 3. The zero-order valence-electron chi connectivity index (χ0n) is 11.0. The van der Waals surface area contributed by atoms with Crippen molar-refractivity contribution in [1.82, 2.24) is 10.2 Å². The minimum atomic E-state index is -0.106. The summed E-state index contributed by atoms with van der Waals surface area (Å²) >= 11 is 2.02. The van der Waals surface area contributed by atoms with E-state index >= 15 is 0 Å². The molecule has 0 aromatic rings. The van der Waals surface area contributed by atoms with E-state index in [4.69, 9.17) is 0 Å². The number of amides is 1. The molecule has 0 radical (unpaired) electrons. The quantitative estimate of drug-likeness (QED) is 0.816. The zero-order valence-corrected chi connectivity index (χ0v) is 11.8. The Balaban J connectivity index is 1.98. The summed E-state index contributed by atoms with van der Waals surface area (Å²) in [5.74, 6) is 1.51. The summed E-state index contributed by atoms with van der Waals surface area (Å²) in [4.78, 5) is 14.7. The summed E-state index contributed by atoms with van der Waals surface area (Å²) in [5.41, 5.74) is -0.106. The maximum atomic E-state index is 12.6. The van der Waals surface area contributed by atoms with Crippen LogP contribution in [0.4, 0.5) is 0 Å². The van der Waals surface area contributed by atoms with E-state index in [2.05, 4.69) is 24.1 Å². The lowest BCUT2D eigenvalue weighted by Crippen LogP contribution is -2.51. The summed E-state index contributed by atoms with van der Waals surface area (Å²) < 4.78 is 0. The van der Waals surface area contributed by atoms with Crippen molar-refractivity contribution in [1.29, 1.82) is 0 Å². The number of rotatable bonds is 2. The molecule has 1 amide bonds. The Hall–Kier alpha value is -0.220. The fraction of sp³-hybridized carbons (Fsp3) is 0.923. The molecule has 4 heteroatoms. The zero-order chi connectivity index (χ0) is 12.3. The van der Waals surface area contributed by atoms with Gasteiger partial charge in [0.2, 0.25) is 5.91 Å². The lowest BCUT2D eigenvalue weighted by Gasteiger charge is -2.40. The Labute approximate surface area is 109 Å². The Kier molecular flexibility index (Phi) is 4.36. The van der Waals surface area contributed by atoms with Gasteiger partial charge in [0.05, 0.1) is 0 Å².